The lowest BCUT2D eigenvalue weighted by atomic mass is 9.86. The number of hydrogen-bond acceptors (Lipinski definition) is 5. The van der Waals surface area contributed by atoms with Crippen LogP contribution in [0.25, 0.3) is 0 Å². The van der Waals surface area contributed by atoms with Crippen molar-refractivity contribution in [1.29, 1.82) is 0 Å². The molecule has 0 aromatic heterocycles. The molecule has 0 saturated carbocycles. The van der Waals surface area contributed by atoms with Crippen LogP contribution >= 0.6 is 0 Å². The van der Waals surface area contributed by atoms with Gasteiger partial charge in [0, 0.05) is 18.0 Å². The van der Waals surface area contributed by atoms with Crippen molar-refractivity contribution in [2.24, 2.45) is 5.14 Å². The number of aliphatic hydroxyl groups is 1. The van der Waals surface area contributed by atoms with Crippen molar-refractivity contribution in [2.45, 2.75) is 42.9 Å². The molecule has 0 heterocycles. The molecule has 2 atom stereocenters. The number of sulfonamides is 1. The molecule has 3 N–H and O–H groups in total. The zero-order valence-electron chi connectivity index (χ0n) is 11.1. The Hall–Kier alpha value is -1.25. The molecule has 1 aliphatic rings. The molecular weight excluding hydrogens is 284 g/mol. The number of unbranched alkanes of at least 4 members (excludes halogenated alkanes) is 3. The first-order valence-electron chi connectivity index (χ1n) is 6.47. The van der Waals surface area contributed by atoms with Gasteiger partial charge in [-0.05, 0) is 18.9 Å². The Kier molecular flexibility index (Phi) is 5.85. The van der Waals surface area contributed by atoms with Gasteiger partial charge in [0.05, 0.1) is 0 Å². The van der Waals surface area contributed by atoms with Gasteiger partial charge < -0.3 is 5.11 Å². The topological polar surface area (TPSA) is 124 Å². The van der Waals surface area contributed by atoms with E-state index in [1.165, 1.54) is 24.3 Å². The summed E-state index contributed by atoms with van der Waals surface area (Å²) in [5.41, 5.74) is -1.69. The van der Waals surface area contributed by atoms with Crippen molar-refractivity contribution in [3.05, 3.63) is 34.4 Å². The van der Waals surface area contributed by atoms with Crippen LogP contribution < -0.4 is 5.14 Å². The van der Waals surface area contributed by atoms with Gasteiger partial charge in [0.15, 0.2) is 5.25 Å². The molecule has 7 nitrogen and oxygen atoms in total. The molecule has 20 heavy (non-hydrogen) atoms. The Balaban J connectivity index is 2.87. The van der Waals surface area contributed by atoms with Crippen LogP contribution in [0.4, 0.5) is 0 Å². The second kappa shape index (κ2) is 6.96. The Morgan fingerprint density at radius 2 is 1.90 bits per heavy atom. The first-order valence-corrected chi connectivity index (χ1v) is 8.08. The second-order valence-electron chi connectivity index (χ2n) is 4.89. The summed E-state index contributed by atoms with van der Waals surface area (Å²) >= 11 is 0. The Labute approximate surface area is 118 Å². The first kappa shape index (κ1) is 16.8. The summed E-state index contributed by atoms with van der Waals surface area (Å²) in [6, 6.07) is 0. The van der Waals surface area contributed by atoms with Gasteiger partial charge in [-0.3, -0.25) is 10.1 Å². The number of nitro groups is 1. The number of primary sulfonamides is 1. The fourth-order valence-corrected chi connectivity index (χ4v) is 3.56. The molecule has 2 unspecified atom stereocenters. The third kappa shape index (κ3) is 3.87. The van der Waals surface area contributed by atoms with Crippen LogP contribution in [0.15, 0.2) is 24.3 Å². The van der Waals surface area contributed by atoms with Gasteiger partial charge in [0.1, 0.15) is 0 Å². The molecule has 1 rings (SSSR count). The smallest absolute Gasteiger partial charge is 0.262 e. The molecule has 0 aromatic rings. The van der Waals surface area contributed by atoms with Crippen molar-refractivity contribution >= 4 is 10.0 Å². The van der Waals surface area contributed by atoms with Crippen LogP contribution in [-0.2, 0) is 10.0 Å². The largest absolute Gasteiger partial charge is 0.396 e. The third-order valence-electron chi connectivity index (χ3n) is 3.45. The standard InChI is InChI=1S/C12H20N2O5S/c13-20(18,19)11-7-3-5-9-12(11,14(16)17)8-4-1-2-6-10-15/h3,5,7,9,11,15H,1-2,4,6,8,10H2,(H2,13,18,19). The van der Waals surface area contributed by atoms with E-state index in [0.29, 0.717) is 19.3 Å². The van der Waals surface area contributed by atoms with Crippen LogP contribution in [0.1, 0.15) is 32.1 Å². The van der Waals surface area contributed by atoms with E-state index >= 15 is 0 Å². The van der Waals surface area contributed by atoms with Gasteiger partial charge in [-0.15, -0.1) is 0 Å². The highest BCUT2D eigenvalue weighted by molar-refractivity contribution is 7.90. The number of allylic oxidation sites excluding steroid dienone is 2. The predicted octanol–water partition coefficient (Wildman–Crippen LogP) is 0.728. The molecule has 8 heteroatoms. The summed E-state index contributed by atoms with van der Waals surface area (Å²) in [6.45, 7) is 0.0861. The number of aliphatic hydroxyl groups excluding tert-OH is 1. The molecule has 0 bridgehead atoms. The maximum absolute atomic E-state index is 11.6. The Morgan fingerprint density at radius 3 is 2.45 bits per heavy atom. The van der Waals surface area contributed by atoms with E-state index in [4.69, 9.17) is 10.2 Å². The van der Waals surface area contributed by atoms with Crippen LogP contribution in [-0.4, -0.2) is 35.8 Å². The third-order valence-corrected chi connectivity index (χ3v) is 4.73. The van der Waals surface area contributed by atoms with E-state index in [-0.39, 0.29) is 13.0 Å². The average molecular weight is 304 g/mol. The molecule has 0 saturated heterocycles. The normalized spacial score (nSPS) is 25.8. The van der Waals surface area contributed by atoms with E-state index in [0.717, 1.165) is 6.42 Å². The molecule has 114 valence electrons. The second-order valence-corrected chi connectivity index (χ2v) is 6.58. The average Bonchev–Trinajstić information content (AvgIpc) is 2.37. The molecule has 0 aliphatic heterocycles. The molecule has 0 radical (unpaired) electrons. The summed E-state index contributed by atoms with van der Waals surface area (Å²) in [5.74, 6) is 0. The number of hydrogen-bond donors (Lipinski definition) is 2. The summed E-state index contributed by atoms with van der Waals surface area (Å²) < 4.78 is 23.2. The molecule has 0 amide bonds. The monoisotopic (exact) mass is 304 g/mol. The molecule has 1 aliphatic carbocycles. The van der Waals surface area contributed by atoms with E-state index in [2.05, 4.69) is 0 Å². The van der Waals surface area contributed by atoms with Crippen molar-refractivity contribution < 1.29 is 18.4 Å². The van der Waals surface area contributed by atoms with Crippen molar-refractivity contribution in [3.63, 3.8) is 0 Å². The number of rotatable bonds is 8. The van der Waals surface area contributed by atoms with Gasteiger partial charge in [0.25, 0.3) is 5.54 Å². The number of nitrogens with two attached hydrogens (primary N) is 1. The van der Waals surface area contributed by atoms with Gasteiger partial charge in [-0.1, -0.05) is 31.1 Å². The molecular formula is C12H20N2O5S. The molecule has 0 aromatic carbocycles. The number of nitrogens with zero attached hydrogens (tertiary/aromatic N) is 1. The van der Waals surface area contributed by atoms with Crippen LogP contribution in [0.2, 0.25) is 0 Å². The van der Waals surface area contributed by atoms with Crippen molar-refractivity contribution in [3.8, 4) is 0 Å². The minimum Gasteiger partial charge on any atom is -0.396 e. The maximum atomic E-state index is 11.6. The Morgan fingerprint density at radius 1 is 1.25 bits per heavy atom. The highest BCUT2D eigenvalue weighted by atomic mass is 32.2. The summed E-state index contributed by atoms with van der Waals surface area (Å²) in [5, 5.41) is 23.9. The van der Waals surface area contributed by atoms with Gasteiger partial charge >= 0.3 is 0 Å². The van der Waals surface area contributed by atoms with Gasteiger partial charge in [-0.2, -0.15) is 0 Å². The van der Waals surface area contributed by atoms with Crippen molar-refractivity contribution in [1.82, 2.24) is 0 Å². The van der Waals surface area contributed by atoms with Crippen LogP contribution in [0.3, 0.4) is 0 Å². The summed E-state index contributed by atoms with van der Waals surface area (Å²) in [6.07, 6.45) is 8.23. The minimum atomic E-state index is -4.05. The quantitative estimate of drug-likeness (QED) is 0.388. The lowest BCUT2D eigenvalue weighted by Gasteiger charge is -2.29. The molecule has 0 fully saturated rings. The van der Waals surface area contributed by atoms with Gasteiger partial charge in [0.2, 0.25) is 10.0 Å². The first-order chi connectivity index (χ1) is 9.34. The zero-order chi connectivity index (χ0) is 15.2. The zero-order valence-corrected chi connectivity index (χ0v) is 12.0. The highest BCUT2D eigenvalue weighted by Crippen LogP contribution is 2.32. The summed E-state index contributed by atoms with van der Waals surface area (Å²) in [7, 11) is -4.05. The van der Waals surface area contributed by atoms with Crippen LogP contribution in [0, 0.1) is 10.1 Å². The lowest BCUT2D eigenvalue weighted by Crippen LogP contribution is -2.53. The minimum absolute atomic E-state index is 0.0861. The van der Waals surface area contributed by atoms with Crippen LogP contribution in [0.5, 0.6) is 0 Å². The maximum Gasteiger partial charge on any atom is 0.262 e. The van der Waals surface area contributed by atoms with E-state index in [1.54, 1.807) is 0 Å². The van der Waals surface area contributed by atoms with Crippen molar-refractivity contribution in [2.75, 3.05) is 6.61 Å². The highest BCUT2D eigenvalue weighted by Gasteiger charge is 2.52. The molecule has 0 spiro atoms. The Bertz CT molecular complexity index is 500. The SMILES string of the molecule is NS(=O)(=O)C1C=CC=CC1(CCCCCCO)[N+](=O)[O-]. The fraction of sp³-hybridized carbons (Fsp3) is 0.667. The van der Waals surface area contributed by atoms with Gasteiger partial charge in [-0.25, -0.2) is 13.6 Å². The lowest BCUT2D eigenvalue weighted by molar-refractivity contribution is -0.554. The summed E-state index contributed by atoms with van der Waals surface area (Å²) in [4.78, 5) is 10.9. The van der Waals surface area contributed by atoms with E-state index < -0.39 is 25.7 Å². The fourth-order valence-electron chi connectivity index (χ4n) is 2.40. The van der Waals surface area contributed by atoms with E-state index in [1.807, 2.05) is 0 Å². The van der Waals surface area contributed by atoms with E-state index in [9.17, 15) is 18.5 Å². The predicted molar refractivity (Wildman–Crippen MR) is 75.1 cm³/mol.